The summed E-state index contributed by atoms with van der Waals surface area (Å²) in [7, 11) is -4.13. The first kappa shape index (κ1) is 26.2. The smallest absolute Gasteiger partial charge is 0.349 e. The van der Waals surface area contributed by atoms with Gasteiger partial charge >= 0.3 is 5.69 Å². The Kier molecular flexibility index (Phi) is 7.16. The van der Waals surface area contributed by atoms with Gasteiger partial charge in [0.1, 0.15) is 4.90 Å². The van der Waals surface area contributed by atoms with Crippen molar-refractivity contribution in [1.29, 1.82) is 0 Å². The monoisotopic (exact) mass is 563 g/mol. The molecule has 4 N–H and O–H groups in total. The highest BCUT2D eigenvalue weighted by Crippen LogP contribution is 2.32. The molecule has 0 amide bonds. The summed E-state index contributed by atoms with van der Waals surface area (Å²) in [4.78, 5) is 28.9. The quantitative estimate of drug-likeness (QED) is 0.336. The zero-order chi connectivity index (χ0) is 26.4. The highest BCUT2D eigenvalue weighted by molar-refractivity contribution is 7.89. The van der Waals surface area contributed by atoms with Crippen LogP contribution in [-0.4, -0.2) is 50.5 Å². The second-order valence-electron chi connectivity index (χ2n) is 8.01. The predicted molar refractivity (Wildman–Crippen MR) is 123 cm³/mol. The van der Waals surface area contributed by atoms with Crippen LogP contribution < -0.4 is 16.0 Å². The maximum absolute atomic E-state index is 13.0. The van der Waals surface area contributed by atoms with Crippen LogP contribution in [0.15, 0.2) is 38.9 Å². The molecule has 0 aliphatic heterocycles. The van der Waals surface area contributed by atoms with E-state index in [2.05, 4.69) is 14.8 Å². The maximum Gasteiger partial charge on any atom is 0.349 e. The van der Waals surface area contributed by atoms with Crippen molar-refractivity contribution >= 4 is 33.2 Å². The molecular formula is C20H17Cl2F2N5O6S. The number of hydrogen-bond acceptors (Lipinski definition) is 8. The van der Waals surface area contributed by atoms with Gasteiger partial charge in [0, 0.05) is 28.2 Å². The largest absolute Gasteiger partial charge is 0.505 e. The van der Waals surface area contributed by atoms with Crippen LogP contribution in [0.25, 0.3) is 5.69 Å². The van der Waals surface area contributed by atoms with Crippen molar-refractivity contribution in [2.45, 2.75) is 42.7 Å². The average Bonchev–Trinajstić information content (AvgIpc) is 2.75. The summed E-state index contributed by atoms with van der Waals surface area (Å²) in [6.45, 7) is 0. The van der Waals surface area contributed by atoms with Crippen molar-refractivity contribution in [3.05, 3.63) is 72.2 Å². The molecule has 1 saturated carbocycles. The van der Waals surface area contributed by atoms with E-state index in [1.807, 2.05) is 0 Å². The molecule has 0 radical (unpaired) electrons. The summed E-state index contributed by atoms with van der Waals surface area (Å²) in [6.07, 6.45) is -2.47. The van der Waals surface area contributed by atoms with Gasteiger partial charge in [-0.05, 0) is 36.6 Å². The van der Waals surface area contributed by atoms with Gasteiger partial charge in [-0.3, -0.25) is 14.8 Å². The zero-order valence-electron chi connectivity index (χ0n) is 18.0. The fraction of sp³-hybridized carbons (Fsp3) is 0.300. The van der Waals surface area contributed by atoms with Gasteiger partial charge < -0.3 is 10.2 Å². The SMILES string of the molecule is O=c1[nH]c(=O)n(-c2cc(Cl)c(Cc3cc(S(=O)(=O)NC4CC(O)C4)c(O)cn3)c(Cl)c2)nc1C(F)F. The van der Waals surface area contributed by atoms with Crippen LogP contribution in [0.3, 0.4) is 0 Å². The maximum atomic E-state index is 13.0. The Hall–Kier alpha value is -2.91. The van der Waals surface area contributed by atoms with E-state index in [1.165, 1.54) is 12.1 Å². The minimum absolute atomic E-state index is 0.0307. The number of nitrogens with one attached hydrogen (secondary N) is 2. The van der Waals surface area contributed by atoms with Crippen LogP contribution in [-0.2, 0) is 16.4 Å². The molecule has 1 aliphatic rings. The Balaban J connectivity index is 1.66. The second kappa shape index (κ2) is 9.86. The van der Waals surface area contributed by atoms with E-state index < -0.39 is 56.2 Å². The van der Waals surface area contributed by atoms with E-state index in [-0.39, 0.29) is 46.3 Å². The van der Waals surface area contributed by atoms with E-state index in [0.29, 0.717) is 4.68 Å². The number of pyridine rings is 1. The number of rotatable bonds is 7. The zero-order valence-corrected chi connectivity index (χ0v) is 20.3. The molecule has 0 unspecified atom stereocenters. The molecular weight excluding hydrogens is 547 g/mol. The van der Waals surface area contributed by atoms with Crippen molar-refractivity contribution in [2.75, 3.05) is 0 Å². The summed E-state index contributed by atoms with van der Waals surface area (Å²) in [5.74, 6) is -0.586. The van der Waals surface area contributed by atoms with Crippen LogP contribution in [0.2, 0.25) is 10.0 Å². The number of H-pyrrole nitrogens is 1. The number of alkyl halides is 2. The number of aromatic hydroxyl groups is 1. The van der Waals surface area contributed by atoms with Crippen LogP contribution in [0, 0.1) is 0 Å². The van der Waals surface area contributed by atoms with Gasteiger partial charge in [-0.15, -0.1) is 0 Å². The van der Waals surface area contributed by atoms with Crippen LogP contribution >= 0.6 is 23.2 Å². The number of aliphatic hydroxyl groups is 1. The van der Waals surface area contributed by atoms with Crippen molar-refractivity contribution in [3.63, 3.8) is 0 Å². The minimum Gasteiger partial charge on any atom is -0.505 e. The Labute approximate surface area is 211 Å². The fourth-order valence-corrected chi connectivity index (χ4v) is 5.53. The topological polar surface area (TPSA) is 167 Å². The molecule has 11 nitrogen and oxygen atoms in total. The summed E-state index contributed by atoms with van der Waals surface area (Å²) in [5, 5.41) is 22.8. The van der Waals surface area contributed by atoms with E-state index in [9.17, 15) is 37.0 Å². The average molecular weight is 564 g/mol. The minimum atomic E-state index is -4.13. The Morgan fingerprint density at radius 3 is 2.42 bits per heavy atom. The molecule has 192 valence electrons. The fourth-order valence-electron chi connectivity index (χ4n) is 3.54. The lowest BCUT2D eigenvalue weighted by Gasteiger charge is -2.31. The molecule has 0 bridgehead atoms. The third-order valence-electron chi connectivity index (χ3n) is 5.42. The Bertz CT molecular complexity index is 1530. The third kappa shape index (κ3) is 5.27. The summed E-state index contributed by atoms with van der Waals surface area (Å²) >= 11 is 12.6. The first-order chi connectivity index (χ1) is 16.9. The third-order valence-corrected chi connectivity index (χ3v) is 7.64. The van der Waals surface area contributed by atoms with Crippen LogP contribution in [0.4, 0.5) is 8.78 Å². The van der Waals surface area contributed by atoms with Crippen LogP contribution in [0.1, 0.15) is 36.2 Å². The number of aromatic nitrogens is 4. The number of benzene rings is 1. The van der Waals surface area contributed by atoms with Gasteiger partial charge in [0.25, 0.3) is 12.0 Å². The van der Waals surface area contributed by atoms with Gasteiger partial charge in [-0.25, -0.2) is 26.7 Å². The predicted octanol–water partition coefficient (Wildman–Crippen LogP) is 1.66. The number of aliphatic hydroxyl groups excluding tert-OH is 1. The molecule has 1 fully saturated rings. The highest BCUT2D eigenvalue weighted by atomic mass is 35.5. The molecule has 2 heterocycles. The molecule has 0 atom stereocenters. The lowest BCUT2D eigenvalue weighted by Crippen LogP contribution is -2.46. The normalized spacial score (nSPS) is 17.8. The molecule has 0 spiro atoms. The molecule has 4 rings (SSSR count). The van der Waals surface area contributed by atoms with Gasteiger partial charge in [-0.1, -0.05) is 23.2 Å². The van der Waals surface area contributed by atoms with Gasteiger partial charge in [0.15, 0.2) is 11.4 Å². The van der Waals surface area contributed by atoms with Gasteiger partial charge in [0.05, 0.1) is 18.0 Å². The molecule has 36 heavy (non-hydrogen) atoms. The number of aromatic amines is 1. The number of sulfonamides is 1. The van der Waals surface area contributed by atoms with Crippen LogP contribution in [0.5, 0.6) is 5.75 Å². The highest BCUT2D eigenvalue weighted by Gasteiger charge is 2.32. The summed E-state index contributed by atoms with van der Waals surface area (Å²) < 4.78 is 54.4. The number of halogens is 4. The molecule has 0 saturated heterocycles. The standard InChI is InChI=1S/C20H17Cl2F2N5O6S/c21-13-5-10(29-20(33)26-19(32)17(27-29)18(23)24)6-14(22)12(13)3-8-4-16(15(31)7-25-8)36(34,35)28-9-1-11(30)2-9/h4-7,9,11,18,28,30-31H,1-3H2,(H,26,32,33). The number of hydrogen-bond donors (Lipinski definition) is 4. The van der Waals surface area contributed by atoms with Crippen molar-refractivity contribution < 1.29 is 27.4 Å². The second-order valence-corrected chi connectivity index (χ2v) is 10.5. The first-order valence-electron chi connectivity index (χ1n) is 10.2. The molecule has 16 heteroatoms. The van der Waals surface area contributed by atoms with Crippen molar-refractivity contribution in [3.8, 4) is 11.4 Å². The lowest BCUT2D eigenvalue weighted by atomic mass is 9.91. The first-order valence-corrected chi connectivity index (χ1v) is 12.5. The Morgan fingerprint density at radius 1 is 1.19 bits per heavy atom. The summed E-state index contributed by atoms with van der Waals surface area (Å²) in [5.41, 5.74) is -3.27. The molecule has 1 aliphatic carbocycles. The molecule has 2 aromatic heterocycles. The summed E-state index contributed by atoms with van der Waals surface area (Å²) in [6, 6.07) is 3.07. The lowest BCUT2D eigenvalue weighted by molar-refractivity contribution is 0.0712. The van der Waals surface area contributed by atoms with E-state index >= 15 is 0 Å². The molecule has 3 aromatic rings. The van der Waals surface area contributed by atoms with Gasteiger partial charge in [0.2, 0.25) is 10.0 Å². The molecule has 1 aromatic carbocycles. The number of nitrogens with zero attached hydrogens (tertiary/aromatic N) is 3. The van der Waals surface area contributed by atoms with Crippen molar-refractivity contribution in [2.24, 2.45) is 0 Å². The van der Waals surface area contributed by atoms with E-state index in [4.69, 9.17) is 23.2 Å². The Morgan fingerprint density at radius 2 is 1.83 bits per heavy atom. The van der Waals surface area contributed by atoms with E-state index in [0.717, 1.165) is 12.3 Å². The van der Waals surface area contributed by atoms with Crippen molar-refractivity contribution in [1.82, 2.24) is 24.5 Å². The van der Waals surface area contributed by atoms with E-state index in [1.54, 1.807) is 4.98 Å². The van der Waals surface area contributed by atoms with Gasteiger partial charge in [-0.2, -0.15) is 9.78 Å².